The lowest BCUT2D eigenvalue weighted by Crippen LogP contribution is -2.77. The van der Waals surface area contributed by atoms with E-state index in [0.29, 0.717) is 31.7 Å². The summed E-state index contributed by atoms with van der Waals surface area (Å²) in [6.07, 6.45) is -2.08. The quantitative estimate of drug-likeness (QED) is 0.221. The third-order valence-electron chi connectivity index (χ3n) is 15.4. The minimum atomic E-state index is -2.05. The molecule has 4 bridgehead atoms. The van der Waals surface area contributed by atoms with E-state index in [1.807, 2.05) is 13.8 Å². The summed E-state index contributed by atoms with van der Waals surface area (Å²) in [5, 5.41) is 73.7. The van der Waals surface area contributed by atoms with Crippen LogP contribution in [0.2, 0.25) is 0 Å². The first-order chi connectivity index (χ1) is 22.7. The van der Waals surface area contributed by atoms with Crippen LogP contribution < -0.4 is 0 Å². The van der Waals surface area contributed by atoms with Crippen molar-refractivity contribution < 1.29 is 54.4 Å². The second kappa shape index (κ2) is 11.3. The highest BCUT2D eigenvalue weighted by Crippen LogP contribution is 2.77. The Kier molecular flexibility index (Phi) is 8.31. The molecule has 18 atom stereocenters. The maximum atomic E-state index is 13.6. The first-order valence-corrected chi connectivity index (χ1v) is 18.9. The van der Waals surface area contributed by atoms with Crippen LogP contribution in [-0.4, -0.2) is 119 Å². The van der Waals surface area contributed by atoms with Crippen LogP contribution in [0.5, 0.6) is 0 Å². The molecule has 4 aliphatic carbocycles. The van der Waals surface area contributed by atoms with Gasteiger partial charge in [0.25, 0.3) is 0 Å². The molecule has 3 heterocycles. The fourth-order valence-electron chi connectivity index (χ4n) is 12.5. The van der Waals surface area contributed by atoms with E-state index in [0.717, 1.165) is 19.4 Å². The lowest BCUT2D eigenvalue weighted by molar-refractivity contribution is -0.301. The fourth-order valence-corrected chi connectivity index (χ4v) is 12.5. The number of ether oxygens (including phenoxy) is 3. The van der Waals surface area contributed by atoms with Gasteiger partial charge in [0.15, 0.2) is 17.8 Å². The number of aliphatic hydroxyl groups excluding tert-OH is 2. The number of fused-ring (bicyclic) bond motifs is 5. The maximum absolute atomic E-state index is 13.6. The third-order valence-corrected chi connectivity index (χ3v) is 15.4. The van der Waals surface area contributed by atoms with Gasteiger partial charge in [-0.15, -0.1) is 0 Å². The molecule has 3 saturated heterocycles. The van der Waals surface area contributed by atoms with E-state index in [4.69, 9.17) is 14.2 Å². The van der Waals surface area contributed by atoms with Crippen LogP contribution in [0.15, 0.2) is 0 Å². The van der Waals surface area contributed by atoms with E-state index in [1.165, 1.54) is 6.92 Å². The summed E-state index contributed by atoms with van der Waals surface area (Å²) >= 11 is 0. The van der Waals surface area contributed by atoms with Gasteiger partial charge in [0.05, 0.1) is 29.3 Å². The van der Waals surface area contributed by atoms with Crippen LogP contribution in [0.3, 0.4) is 0 Å². The molecule has 0 radical (unpaired) electrons. The minimum Gasteiger partial charge on any atom is -0.456 e. The van der Waals surface area contributed by atoms with E-state index in [1.54, 1.807) is 20.8 Å². The molecule has 0 amide bonds. The highest BCUT2D eigenvalue weighted by molar-refractivity contribution is 5.79. The highest BCUT2D eigenvalue weighted by atomic mass is 16.7. The molecule has 7 fully saturated rings. The van der Waals surface area contributed by atoms with Gasteiger partial charge in [-0.1, -0.05) is 34.6 Å². The average Bonchev–Trinajstić information content (AvgIpc) is 3.31. The van der Waals surface area contributed by atoms with Gasteiger partial charge in [0.2, 0.25) is 5.79 Å². The molecule has 0 aromatic heterocycles. The molecular weight excluding hydrogens is 634 g/mol. The Balaban J connectivity index is 1.36. The zero-order chi connectivity index (χ0) is 35.9. The Labute approximate surface area is 289 Å². The van der Waals surface area contributed by atoms with E-state index in [2.05, 4.69) is 11.8 Å². The number of hydrogen-bond acceptors (Lipinski definition) is 12. The highest BCUT2D eigenvalue weighted by Gasteiger charge is 2.87. The van der Waals surface area contributed by atoms with Gasteiger partial charge in [0, 0.05) is 42.3 Å². The van der Waals surface area contributed by atoms with Crippen molar-refractivity contribution in [1.29, 1.82) is 0 Å². The summed E-state index contributed by atoms with van der Waals surface area (Å²) in [4.78, 5) is 28.9. The summed E-state index contributed by atoms with van der Waals surface area (Å²) in [5.41, 5.74) is -7.49. The predicted octanol–water partition coefficient (Wildman–Crippen LogP) is 1.49. The fraction of sp³-hybridized carbons (Fsp3) is 0.946. The van der Waals surface area contributed by atoms with Crippen molar-refractivity contribution >= 4 is 11.9 Å². The van der Waals surface area contributed by atoms with Crippen LogP contribution in [0.1, 0.15) is 99.8 Å². The Morgan fingerprint density at radius 2 is 1.76 bits per heavy atom. The van der Waals surface area contributed by atoms with Crippen LogP contribution >= 0.6 is 0 Å². The lowest BCUT2D eigenvalue weighted by atomic mass is 9.49. The van der Waals surface area contributed by atoms with Crippen molar-refractivity contribution in [2.24, 2.45) is 46.8 Å². The summed E-state index contributed by atoms with van der Waals surface area (Å²) in [6, 6.07) is -0.251. The van der Waals surface area contributed by atoms with Crippen molar-refractivity contribution in [3.63, 3.8) is 0 Å². The van der Waals surface area contributed by atoms with Crippen LogP contribution in [0, 0.1) is 46.8 Å². The molecule has 49 heavy (non-hydrogen) atoms. The van der Waals surface area contributed by atoms with Crippen LogP contribution in [-0.2, 0) is 23.8 Å². The van der Waals surface area contributed by atoms with E-state index in [-0.39, 0.29) is 31.2 Å². The minimum absolute atomic E-state index is 0.0259. The predicted molar refractivity (Wildman–Crippen MR) is 174 cm³/mol. The maximum Gasteiger partial charge on any atom is 0.338 e. The topological polar surface area (TPSA) is 186 Å². The average molecular weight is 694 g/mol. The van der Waals surface area contributed by atoms with Gasteiger partial charge in [-0.2, -0.15) is 0 Å². The molecule has 7 rings (SSSR count). The summed E-state index contributed by atoms with van der Waals surface area (Å²) in [5.74, 6) is -7.09. The normalized spacial score (nSPS) is 54.8. The number of carbonyl (C=O) groups excluding carboxylic acids is 2. The van der Waals surface area contributed by atoms with Crippen molar-refractivity contribution in [3.8, 4) is 0 Å². The number of carbonyl (C=O) groups is 2. The summed E-state index contributed by atoms with van der Waals surface area (Å²) in [6.45, 7) is 13.8. The Morgan fingerprint density at radius 1 is 1.06 bits per heavy atom. The summed E-state index contributed by atoms with van der Waals surface area (Å²) < 4.78 is 18.9. The molecule has 12 nitrogen and oxygen atoms in total. The molecule has 7 aliphatic rings. The van der Waals surface area contributed by atoms with Gasteiger partial charge in [-0.25, -0.2) is 4.79 Å². The number of hydrogen-bond donors (Lipinski definition) is 6. The van der Waals surface area contributed by atoms with Gasteiger partial charge >= 0.3 is 11.9 Å². The number of nitrogens with zero attached hydrogens (tertiary/aromatic N) is 1. The molecule has 0 aromatic rings. The second-order valence-electron chi connectivity index (χ2n) is 18.0. The number of rotatable bonds is 6. The van der Waals surface area contributed by atoms with Gasteiger partial charge in [-0.05, 0) is 83.0 Å². The molecule has 278 valence electrons. The summed E-state index contributed by atoms with van der Waals surface area (Å²) in [7, 11) is 0. The zero-order valence-electron chi connectivity index (χ0n) is 30.2. The zero-order valence-corrected chi connectivity index (χ0v) is 30.2. The molecule has 1 spiro atoms. The number of esters is 2. The van der Waals surface area contributed by atoms with Crippen molar-refractivity contribution in [3.05, 3.63) is 0 Å². The molecule has 3 aliphatic heterocycles. The van der Waals surface area contributed by atoms with E-state index in [9.17, 15) is 40.2 Å². The van der Waals surface area contributed by atoms with Crippen molar-refractivity contribution in [2.75, 3.05) is 13.1 Å². The third kappa shape index (κ3) is 4.56. The smallest absolute Gasteiger partial charge is 0.338 e. The SMILES string of the molecule is CCC(C)C(=O)OC1CCC2(C)C3CC(O)C4C5(O)C(CC42OC13O)C1CN2CC(C)CCC2C(C)(O)C1C(O)C5OC(=O)C(C)(O)CC. The first-order valence-electron chi connectivity index (χ1n) is 18.9. The van der Waals surface area contributed by atoms with Crippen LogP contribution in [0.4, 0.5) is 0 Å². The Bertz CT molecular complexity index is 1360. The van der Waals surface area contributed by atoms with Crippen LogP contribution in [0.25, 0.3) is 0 Å². The van der Waals surface area contributed by atoms with Gasteiger partial charge in [-0.3, -0.25) is 9.69 Å². The van der Waals surface area contributed by atoms with Gasteiger partial charge < -0.3 is 44.8 Å². The van der Waals surface area contributed by atoms with Crippen molar-refractivity contribution in [1.82, 2.24) is 4.90 Å². The largest absolute Gasteiger partial charge is 0.456 e. The second-order valence-corrected chi connectivity index (χ2v) is 18.0. The monoisotopic (exact) mass is 693 g/mol. The van der Waals surface area contributed by atoms with E-state index >= 15 is 0 Å². The van der Waals surface area contributed by atoms with E-state index < -0.39 is 99.6 Å². The molecule has 12 heteroatoms. The van der Waals surface area contributed by atoms with Crippen molar-refractivity contribution in [2.45, 2.75) is 158 Å². The Morgan fingerprint density at radius 3 is 2.41 bits per heavy atom. The molecule has 18 unspecified atom stereocenters. The number of aliphatic hydroxyl groups is 6. The molecule has 4 saturated carbocycles. The molecular formula is C37H59NO11. The van der Waals surface area contributed by atoms with Gasteiger partial charge in [0.1, 0.15) is 5.60 Å². The lowest BCUT2D eigenvalue weighted by Gasteiger charge is -2.64. The molecule has 6 N–H and O–H groups in total. The Hall–Kier alpha value is -1.38. The molecule has 0 aromatic carbocycles. The first kappa shape index (κ1) is 36.0. The number of piperidine rings is 2. The standard InChI is InChI=1S/C37H59NO11/c1-8-19(4)30(41)47-25-12-13-32(5)23-14-22(39)28-35(32,49-37(23,25)46)15-21-20-17-38-16-18(3)10-11-24(38)34(7,44)26(20)27(40)29(36(21,28)45)48-31(42)33(6,43)9-2/h18-29,39-40,43-46H,8-17H2,1-7H3.